The Morgan fingerprint density at radius 2 is 1.67 bits per heavy atom. The van der Waals surface area contributed by atoms with E-state index in [9.17, 15) is 0 Å². The van der Waals surface area contributed by atoms with E-state index in [0.29, 0.717) is 0 Å². The average molecular weight is 337 g/mol. The Hall–Kier alpha value is -2.31. The molecule has 1 fully saturated rings. The van der Waals surface area contributed by atoms with Crippen LogP contribution in [0, 0.1) is 0 Å². The molecule has 0 atom stereocenters. The second-order valence-corrected chi connectivity index (χ2v) is 7.01. The molecule has 0 radical (unpaired) electrons. The van der Waals surface area contributed by atoms with Gasteiger partial charge in [-0.1, -0.05) is 6.07 Å². The summed E-state index contributed by atoms with van der Waals surface area (Å²) < 4.78 is 0. The average Bonchev–Trinajstić information content (AvgIpc) is 3.13. The topological polar surface area (TPSA) is 45.2 Å². The van der Waals surface area contributed by atoms with Gasteiger partial charge < -0.3 is 9.80 Å². The smallest absolute Gasteiger partial charge is 0.132 e. The Morgan fingerprint density at radius 1 is 0.875 bits per heavy atom. The molecule has 0 amide bonds. The maximum Gasteiger partial charge on any atom is 0.132 e. The molecule has 1 aliphatic rings. The monoisotopic (exact) mass is 337 g/mol. The van der Waals surface area contributed by atoms with Crippen molar-refractivity contribution < 1.29 is 0 Å². The molecule has 3 aromatic rings. The van der Waals surface area contributed by atoms with E-state index in [1.165, 1.54) is 0 Å². The van der Waals surface area contributed by atoms with E-state index < -0.39 is 0 Å². The molecule has 5 nitrogen and oxygen atoms in total. The molecule has 0 unspecified atom stereocenters. The van der Waals surface area contributed by atoms with Gasteiger partial charge in [-0.25, -0.2) is 9.97 Å². The third kappa shape index (κ3) is 3.16. The van der Waals surface area contributed by atoms with Gasteiger partial charge in [-0.3, -0.25) is 4.98 Å². The first-order chi connectivity index (χ1) is 11.8. The number of hydrogen-bond donors (Lipinski definition) is 0. The van der Waals surface area contributed by atoms with E-state index >= 15 is 0 Å². The van der Waals surface area contributed by atoms with Crippen LogP contribution >= 0.6 is 11.3 Å². The van der Waals surface area contributed by atoms with E-state index in [1.54, 1.807) is 17.7 Å². The van der Waals surface area contributed by atoms with Gasteiger partial charge in [-0.05, 0) is 31.3 Å². The summed E-state index contributed by atoms with van der Waals surface area (Å²) in [6.45, 7) is 4.16. The molecule has 24 heavy (non-hydrogen) atoms. The van der Waals surface area contributed by atoms with Gasteiger partial charge in [0.05, 0.1) is 21.1 Å². The Labute approximate surface area is 145 Å². The molecule has 6 heteroatoms. The van der Waals surface area contributed by atoms with Crippen LogP contribution in [0.25, 0.3) is 21.1 Å². The highest BCUT2D eigenvalue weighted by Crippen LogP contribution is 2.33. The lowest BCUT2D eigenvalue weighted by atomic mass is 10.2. The molecule has 0 aliphatic carbocycles. The number of anilines is 1. The predicted molar refractivity (Wildman–Crippen MR) is 98.3 cm³/mol. The molecule has 0 saturated carbocycles. The molecule has 0 bridgehead atoms. The quantitative estimate of drug-likeness (QED) is 0.735. The zero-order valence-corrected chi connectivity index (χ0v) is 14.4. The number of likely N-dealkylation sites (N-methyl/N-ethyl adjacent to an activating group) is 1. The summed E-state index contributed by atoms with van der Waals surface area (Å²) >= 11 is 1.72. The third-order valence-corrected chi connectivity index (χ3v) is 5.39. The van der Waals surface area contributed by atoms with Crippen LogP contribution in [0.3, 0.4) is 0 Å². The van der Waals surface area contributed by atoms with E-state index in [4.69, 9.17) is 0 Å². The number of pyridine rings is 1. The molecular weight excluding hydrogens is 318 g/mol. The Morgan fingerprint density at radius 3 is 2.42 bits per heavy atom. The van der Waals surface area contributed by atoms with Gasteiger partial charge in [0, 0.05) is 38.4 Å². The first kappa shape index (κ1) is 15.2. The van der Waals surface area contributed by atoms with Crippen molar-refractivity contribution >= 4 is 17.2 Å². The minimum atomic E-state index is 0.978. The number of nitrogens with zero attached hydrogens (tertiary/aromatic N) is 5. The predicted octanol–water partition coefficient (Wildman–Crippen LogP) is 3.02. The number of aromatic nitrogens is 3. The van der Waals surface area contributed by atoms with Gasteiger partial charge >= 0.3 is 0 Å². The van der Waals surface area contributed by atoms with Crippen LogP contribution in [-0.2, 0) is 0 Å². The second-order valence-electron chi connectivity index (χ2n) is 5.93. The van der Waals surface area contributed by atoms with Crippen LogP contribution < -0.4 is 4.90 Å². The largest absolute Gasteiger partial charge is 0.354 e. The maximum absolute atomic E-state index is 4.47. The van der Waals surface area contributed by atoms with Crippen molar-refractivity contribution in [1.29, 1.82) is 0 Å². The molecular formula is C18H19N5S. The van der Waals surface area contributed by atoms with Crippen molar-refractivity contribution in [1.82, 2.24) is 19.9 Å². The van der Waals surface area contributed by atoms with Gasteiger partial charge in [-0.15, -0.1) is 11.3 Å². The zero-order chi connectivity index (χ0) is 16.4. The van der Waals surface area contributed by atoms with E-state index in [2.05, 4.69) is 50.0 Å². The fourth-order valence-corrected chi connectivity index (χ4v) is 3.76. The lowest BCUT2D eigenvalue weighted by Gasteiger charge is -2.33. The van der Waals surface area contributed by atoms with Crippen molar-refractivity contribution in [2.24, 2.45) is 0 Å². The van der Waals surface area contributed by atoms with Crippen molar-refractivity contribution in [2.75, 3.05) is 38.1 Å². The zero-order valence-electron chi connectivity index (χ0n) is 13.6. The van der Waals surface area contributed by atoms with Crippen LogP contribution in [-0.4, -0.2) is 53.1 Å². The van der Waals surface area contributed by atoms with Crippen LogP contribution in [0.4, 0.5) is 5.82 Å². The molecule has 4 rings (SSSR count). The van der Waals surface area contributed by atoms with E-state index in [1.807, 2.05) is 24.4 Å². The van der Waals surface area contributed by atoms with Gasteiger partial charge in [0.2, 0.25) is 0 Å². The summed E-state index contributed by atoms with van der Waals surface area (Å²) in [6, 6.07) is 12.3. The lowest BCUT2D eigenvalue weighted by Crippen LogP contribution is -2.44. The van der Waals surface area contributed by atoms with Gasteiger partial charge in [0.25, 0.3) is 0 Å². The normalized spacial score (nSPS) is 15.6. The van der Waals surface area contributed by atoms with E-state index in [0.717, 1.165) is 53.1 Å². The minimum Gasteiger partial charge on any atom is -0.354 e. The van der Waals surface area contributed by atoms with Crippen molar-refractivity contribution in [3.8, 4) is 21.1 Å². The highest BCUT2D eigenvalue weighted by Gasteiger charge is 2.16. The van der Waals surface area contributed by atoms with Crippen LogP contribution in [0.1, 0.15) is 0 Å². The Bertz CT molecular complexity index is 809. The fraction of sp³-hybridized carbons (Fsp3) is 0.278. The molecule has 0 aromatic carbocycles. The van der Waals surface area contributed by atoms with Gasteiger partial charge in [0.1, 0.15) is 12.1 Å². The molecule has 4 heterocycles. The summed E-state index contributed by atoms with van der Waals surface area (Å²) in [6.07, 6.45) is 3.49. The van der Waals surface area contributed by atoms with Crippen molar-refractivity contribution in [2.45, 2.75) is 0 Å². The minimum absolute atomic E-state index is 0.978. The molecule has 122 valence electrons. The number of hydrogen-bond acceptors (Lipinski definition) is 6. The van der Waals surface area contributed by atoms with Crippen LogP contribution in [0.2, 0.25) is 0 Å². The van der Waals surface area contributed by atoms with E-state index in [-0.39, 0.29) is 0 Å². The van der Waals surface area contributed by atoms with Gasteiger partial charge in [-0.2, -0.15) is 0 Å². The van der Waals surface area contributed by atoms with Crippen LogP contribution in [0.5, 0.6) is 0 Å². The summed E-state index contributed by atoms with van der Waals surface area (Å²) in [5.74, 6) is 1.01. The summed E-state index contributed by atoms with van der Waals surface area (Å²) in [4.78, 5) is 20.3. The summed E-state index contributed by atoms with van der Waals surface area (Å²) in [5.41, 5.74) is 1.98. The highest BCUT2D eigenvalue weighted by atomic mass is 32.1. The summed E-state index contributed by atoms with van der Waals surface area (Å²) in [5, 5.41) is 0. The first-order valence-electron chi connectivity index (χ1n) is 8.07. The van der Waals surface area contributed by atoms with Gasteiger partial charge in [0.15, 0.2) is 0 Å². The molecule has 3 aromatic heterocycles. The third-order valence-electron chi connectivity index (χ3n) is 4.26. The standard InChI is InChI=1S/C18H19N5S/c1-22-8-10-23(11-9-22)18-12-15(20-13-21-18)17-6-5-16(24-17)14-4-2-3-7-19-14/h2-7,12-13H,8-11H2,1H3. The number of thiophene rings is 1. The molecule has 0 N–H and O–H groups in total. The van der Waals surface area contributed by atoms with Crippen molar-refractivity contribution in [3.63, 3.8) is 0 Å². The molecule has 0 spiro atoms. The second kappa shape index (κ2) is 6.67. The Balaban J connectivity index is 1.59. The number of rotatable bonds is 3. The molecule has 1 saturated heterocycles. The first-order valence-corrected chi connectivity index (χ1v) is 8.88. The summed E-state index contributed by atoms with van der Waals surface area (Å²) in [7, 11) is 2.16. The fourth-order valence-electron chi connectivity index (χ4n) is 2.81. The highest BCUT2D eigenvalue weighted by molar-refractivity contribution is 7.18. The number of piperazine rings is 1. The maximum atomic E-state index is 4.47. The molecule has 1 aliphatic heterocycles. The van der Waals surface area contributed by atoms with Crippen molar-refractivity contribution in [3.05, 3.63) is 48.9 Å². The van der Waals surface area contributed by atoms with Crippen LogP contribution in [0.15, 0.2) is 48.9 Å². The SMILES string of the molecule is CN1CCN(c2cc(-c3ccc(-c4ccccn4)s3)ncn2)CC1. The Kier molecular flexibility index (Phi) is 4.23. The lowest BCUT2D eigenvalue weighted by molar-refractivity contribution is 0.312.